The van der Waals surface area contributed by atoms with E-state index in [1.165, 1.54) is 0 Å². The number of aryl methyl sites for hydroxylation is 1. The molecule has 0 aromatic carbocycles. The van der Waals surface area contributed by atoms with E-state index >= 15 is 0 Å². The molecule has 158 valence electrons. The van der Waals surface area contributed by atoms with Crippen molar-refractivity contribution in [1.29, 1.82) is 5.41 Å². The fraction of sp³-hybridized carbons (Fsp3) is 0.364. The molecule has 0 aliphatic heterocycles. The number of rotatable bonds is 9. The molecule has 8 nitrogen and oxygen atoms in total. The Hall–Kier alpha value is -3.42. The Morgan fingerprint density at radius 2 is 2.13 bits per heavy atom. The van der Waals surface area contributed by atoms with Crippen molar-refractivity contribution in [2.24, 2.45) is 13.0 Å². The van der Waals surface area contributed by atoms with E-state index < -0.39 is 0 Å². The average molecular weight is 408 g/mol. The van der Waals surface area contributed by atoms with Crippen molar-refractivity contribution in [2.75, 3.05) is 24.3 Å². The van der Waals surface area contributed by atoms with E-state index in [0.717, 1.165) is 28.1 Å². The summed E-state index contributed by atoms with van der Waals surface area (Å²) in [7, 11) is 3.71. The number of aromatic nitrogens is 4. The Labute approximate surface area is 177 Å². The van der Waals surface area contributed by atoms with E-state index in [1.807, 2.05) is 65.5 Å². The molecule has 0 unspecified atom stereocenters. The minimum Gasteiger partial charge on any atom is -0.477 e. The Balaban J connectivity index is 2.10. The zero-order valence-corrected chi connectivity index (χ0v) is 18.2. The molecule has 3 aromatic rings. The van der Waals surface area contributed by atoms with Crippen LogP contribution in [0, 0.1) is 11.3 Å². The second-order valence-electron chi connectivity index (χ2n) is 7.26. The van der Waals surface area contributed by atoms with E-state index in [4.69, 9.17) is 15.1 Å². The molecule has 8 heteroatoms. The van der Waals surface area contributed by atoms with Gasteiger partial charge in [0.25, 0.3) is 0 Å². The molecule has 0 radical (unpaired) electrons. The van der Waals surface area contributed by atoms with Crippen LogP contribution in [0.1, 0.15) is 31.9 Å². The molecule has 0 saturated carbocycles. The molecule has 0 aliphatic carbocycles. The van der Waals surface area contributed by atoms with Gasteiger partial charge in [-0.15, -0.1) is 0 Å². The predicted molar refractivity (Wildman–Crippen MR) is 120 cm³/mol. The van der Waals surface area contributed by atoms with Gasteiger partial charge in [0.15, 0.2) is 0 Å². The fourth-order valence-corrected chi connectivity index (χ4v) is 3.16. The summed E-state index contributed by atoms with van der Waals surface area (Å²) in [5.41, 5.74) is 4.71. The Bertz CT molecular complexity index is 1030. The highest BCUT2D eigenvalue weighted by Gasteiger charge is 2.20. The van der Waals surface area contributed by atoms with E-state index in [-0.39, 0.29) is 5.92 Å². The molecule has 30 heavy (non-hydrogen) atoms. The minimum atomic E-state index is 0.0565. The van der Waals surface area contributed by atoms with Crippen LogP contribution in [0.3, 0.4) is 0 Å². The fourth-order valence-electron chi connectivity index (χ4n) is 3.16. The second-order valence-corrected chi connectivity index (χ2v) is 7.26. The van der Waals surface area contributed by atoms with Gasteiger partial charge in [-0.2, -0.15) is 5.10 Å². The van der Waals surface area contributed by atoms with Crippen molar-refractivity contribution in [2.45, 2.75) is 27.3 Å². The first-order chi connectivity index (χ1) is 14.4. The highest BCUT2D eigenvalue weighted by Crippen LogP contribution is 2.34. The molecule has 3 rings (SSSR count). The van der Waals surface area contributed by atoms with Crippen LogP contribution < -0.4 is 15.4 Å². The first kappa shape index (κ1) is 21.3. The summed E-state index contributed by atoms with van der Waals surface area (Å²) in [5.74, 6) is 1.24. The highest BCUT2D eigenvalue weighted by molar-refractivity contribution is 6.08. The van der Waals surface area contributed by atoms with Gasteiger partial charge in [-0.1, -0.05) is 13.8 Å². The molecule has 3 aromatic heterocycles. The Morgan fingerprint density at radius 1 is 1.33 bits per heavy atom. The number of pyridine rings is 2. The Morgan fingerprint density at radius 3 is 2.77 bits per heavy atom. The van der Waals surface area contributed by atoms with Crippen LogP contribution in [0.4, 0.5) is 11.5 Å². The lowest BCUT2D eigenvalue weighted by molar-refractivity contribution is 0.328. The van der Waals surface area contributed by atoms with Crippen LogP contribution in [0.15, 0.2) is 36.8 Å². The van der Waals surface area contributed by atoms with Crippen molar-refractivity contribution < 1.29 is 4.74 Å². The molecule has 3 N–H and O–H groups in total. The van der Waals surface area contributed by atoms with Crippen molar-refractivity contribution in [3.63, 3.8) is 0 Å². The lowest BCUT2D eigenvalue weighted by atomic mass is 9.97. The lowest BCUT2D eigenvalue weighted by Gasteiger charge is -2.20. The van der Waals surface area contributed by atoms with E-state index in [1.54, 1.807) is 10.9 Å². The third kappa shape index (κ3) is 4.59. The maximum atomic E-state index is 8.67. The summed E-state index contributed by atoms with van der Waals surface area (Å²) >= 11 is 0. The molecule has 0 fully saturated rings. The first-order valence-corrected chi connectivity index (χ1v) is 10.1. The third-order valence-corrected chi connectivity index (χ3v) is 4.67. The average Bonchev–Trinajstić information content (AvgIpc) is 3.16. The van der Waals surface area contributed by atoms with Gasteiger partial charge in [-0.05, 0) is 31.0 Å². The maximum Gasteiger partial charge on any atom is 0.222 e. The third-order valence-electron chi connectivity index (χ3n) is 4.67. The van der Waals surface area contributed by atoms with Gasteiger partial charge in [0.2, 0.25) is 5.88 Å². The van der Waals surface area contributed by atoms with Crippen molar-refractivity contribution >= 4 is 17.2 Å². The molecule has 3 heterocycles. The molecule has 0 spiro atoms. The summed E-state index contributed by atoms with van der Waals surface area (Å²) in [6.45, 7) is 7.05. The van der Waals surface area contributed by atoms with Crippen LogP contribution in [0.5, 0.6) is 5.88 Å². The van der Waals surface area contributed by atoms with Gasteiger partial charge in [-0.3, -0.25) is 4.68 Å². The topological polar surface area (TPSA) is 101 Å². The van der Waals surface area contributed by atoms with Crippen LogP contribution in [0.25, 0.3) is 11.3 Å². The van der Waals surface area contributed by atoms with Crippen LogP contribution >= 0.6 is 0 Å². The van der Waals surface area contributed by atoms with Gasteiger partial charge in [0, 0.05) is 50.0 Å². The predicted octanol–water partition coefficient (Wildman–Crippen LogP) is 3.95. The van der Waals surface area contributed by atoms with E-state index in [9.17, 15) is 0 Å². The summed E-state index contributed by atoms with van der Waals surface area (Å²) in [4.78, 5) is 9.15. The van der Waals surface area contributed by atoms with Crippen molar-refractivity contribution in [1.82, 2.24) is 19.7 Å². The molecule has 0 saturated heterocycles. The standard InChI is InChI=1S/C22H29N7O/c1-6-30-22-16(8-7-9-25-22)17-10-18(26-11-15-12-27-29(5)13-15)19(20(23)14(2)3)21(24-4)28-17/h7-10,12-14,23H,6,11H2,1-5H3,(H2,24,26,28). The van der Waals surface area contributed by atoms with Crippen molar-refractivity contribution in [3.05, 3.63) is 47.9 Å². The zero-order chi connectivity index (χ0) is 21.7. The highest BCUT2D eigenvalue weighted by atomic mass is 16.5. The second kappa shape index (κ2) is 9.39. The summed E-state index contributed by atoms with van der Waals surface area (Å²) < 4.78 is 7.48. The molecular weight excluding hydrogens is 378 g/mol. The van der Waals surface area contributed by atoms with Gasteiger partial charge in [-0.25, -0.2) is 9.97 Å². The molecular formula is C22H29N7O. The number of nitrogens with one attached hydrogen (secondary N) is 3. The summed E-state index contributed by atoms with van der Waals surface area (Å²) in [6.07, 6.45) is 5.50. The minimum absolute atomic E-state index is 0.0565. The first-order valence-electron chi connectivity index (χ1n) is 10.1. The number of anilines is 2. The van der Waals surface area contributed by atoms with Gasteiger partial charge >= 0.3 is 0 Å². The quantitative estimate of drug-likeness (QED) is 0.464. The normalized spacial score (nSPS) is 10.9. The van der Waals surface area contributed by atoms with E-state index in [0.29, 0.717) is 30.6 Å². The maximum absolute atomic E-state index is 8.67. The molecule has 0 atom stereocenters. The van der Waals surface area contributed by atoms with Gasteiger partial charge in [0.1, 0.15) is 5.82 Å². The SMILES string of the molecule is CCOc1ncccc1-c1cc(NCc2cnn(C)c2)c(C(=N)C(C)C)c(NC)n1. The molecule has 0 aliphatic rings. The van der Waals surface area contributed by atoms with Crippen LogP contribution in [-0.2, 0) is 13.6 Å². The number of hydrogen-bond acceptors (Lipinski definition) is 7. The zero-order valence-electron chi connectivity index (χ0n) is 18.2. The van der Waals surface area contributed by atoms with E-state index in [2.05, 4.69) is 20.7 Å². The van der Waals surface area contributed by atoms with Crippen LogP contribution in [-0.4, -0.2) is 39.1 Å². The summed E-state index contributed by atoms with van der Waals surface area (Å²) in [5, 5.41) is 19.5. The number of nitrogens with zero attached hydrogens (tertiary/aromatic N) is 4. The summed E-state index contributed by atoms with van der Waals surface area (Å²) in [6, 6.07) is 5.77. The molecule has 0 amide bonds. The molecule has 0 bridgehead atoms. The monoisotopic (exact) mass is 407 g/mol. The van der Waals surface area contributed by atoms with Gasteiger partial charge in [0.05, 0.1) is 29.6 Å². The van der Waals surface area contributed by atoms with Crippen molar-refractivity contribution in [3.8, 4) is 17.1 Å². The van der Waals surface area contributed by atoms with Gasteiger partial charge < -0.3 is 20.8 Å². The largest absolute Gasteiger partial charge is 0.477 e. The Kier molecular flexibility index (Phi) is 6.66. The smallest absolute Gasteiger partial charge is 0.222 e. The van der Waals surface area contributed by atoms with Crippen LogP contribution in [0.2, 0.25) is 0 Å². The number of hydrogen-bond donors (Lipinski definition) is 3. The lowest BCUT2D eigenvalue weighted by Crippen LogP contribution is -2.16. The number of ether oxygens (including phenoxy) is 1.